The summed E-state index contributed by atoms with van der Waals surface area (Å²) in [6.07, 6.45) is 1.10. The first-order valence-electron chi connectivity index (χ1n) is 5.31. The van der Waals surface area contributed by atoms with Gasteiger partial charge in [0.15, 0.2) is 0 Å². The van der Waals surface area contributed by atoms with E-state index in [0.29, 0.717) is 19.1 Å². The molecule has 0 aliphatic carbocycles. The molecule has 84 valence electrons. The quantitative estimate of drug-likeness (QED) is 0.797. The summed E-state index contributed by atoms with van der Waals surface area (Å²) in [6, 6.07) is 3.80. The molecular weight excluding hydrogens is 194 g/mol. The van der Waals surface area contributed by atoms with Gasteiger partial charge in [-0.15, -0.1) is 0 Å². The van der Waals surface area contributed by atoms with Crippen LogP contribution >= 0.6 is 0 Å². The minimum Gasteiger partial charge on any atom is -0.462 e. The van der Waals surface area contributed by atoms with Crippen molar-refractivity contribution in [2.45, 2.75) is 19.6 Å². The molecule has 0 aromatic carbocycles. The van der Waals surface area contributed by atoms with Gasteiger partial charge in [0.1, 0.15) is 18.1 Å². The minimum atomic E-state index is 0.441. The van der Waals surface area contributed by atoms with Gasteiger partial charge in [0.2, 0.25) is 0 Å². The summed E-state index contributed by atoms with van der Waals surface area (Å²) in [4.78, 5) is 0. The summed E-state index contributed by atoms with van der Waals surface area (Å²) in [6.45, 7) is 3.41. The summed E-state index contributed by atoms with van der Waals surface area (Å²) >= 11 is 0. The van der Waals surface area contributed by atoms with Crippen molar-refractivity contribution >= 4 is 0 Å². The van der Waals surface area contributed by atoms with Crippen LogP contribution in [-0.2, 0) is 22.6 Å². The molecule has 1 aliphatic heterocycles. The first kappa shape index (κ1) is 10.7. The van der Waals surface area contributed by atoms with Gasteiger partial charge in [-0.1, -0.05) is 0 Å². The molecule has 0 bridgehead atoms. The maximum absolute atomic E-state index is 5.55. The number of hydrogen-bond donors (Lipinski definition) is 1. The zero-order valence-corrected chi connectivity index (χ0v) is 8.78. The van der Waals surface area contributed by atoms with E-state index in [4.69, 9.17) is 19.6 Å². The molecule has 1 fully saturated rings. The molecular formula is C11H17NO3. The number of hydrogen-bond acceptors (Lipinski definition) is 4. The fourth-order valence-electron chi connectivity index (χ4n) is 1.65. The van der Waals surface area contributed by atoms with E-state index in [0.717, 1.165) is 37.8 Å². The minimum absolute atomic E-state index is 0.441. The van der Waals surface area contributed by atoms with Gasteiger partial charge >= 0.3 is 0 Å². The molecule has 2 N–H and O–H groups in total. The Morgan fingerprint density at radius 1 is 1.40 bits per heavy atom. The Bertz CT molecular complexity index is 292. The number of furan rings is 1. The van der Waals surface area contributed by atoms with Crippen molar-refractivity contribution < 1.29 is 13.9 Å². The second-order valence-electron chi connectivity index (χ2n) is 3.82. The summed E-state index contributed by atoms with van der Waals surface area (Å²) in [5.74, 6) is 2.20. The van der Waals surface area contributed by atoms with E-state index in [1.165, 1.54) is 0 Å². The van der Waals surface area contributed by atoms with E-state index in [1.54, 1.807) is 0 Å². The Hall–Kier alpha value is -0.840. The van der Waals surface area contributed by atoms with Crippen LogP contribution in [0.3, 0.4) is 0 Å². The van der Waals surface area contributed by atoms with Crippen molar-refractivity contribution in [3.63, 3.8) is 0 Å². The highest BCUT2D eigenvalue weighted by molar-refractivity contribution is 5.05. The van der Waals surface area contributed by atoms with Crippen molar-refractivity contribution in [2.24, 2.45) is 11.7 Å². The van der Waals surface area contributed by atoms with Gasteiger partial charge in [0.25, 0.3) is 0 Å². The Kier molecular flexibility index (Phi) is 3.77. The van der Waals surface area contributed by atoms with Crippen LogP contribution in [0.25, 0.3) is 0 Å². The predicted molar refractivity (Wildman–Crippen MR) is 55.2 cm³/mol. The van der Waals surface area contributed by atoms with E-state index >= 15 is 0 Å². The van der Waals surface area contributed by atoms with E-state index in [2.05, 4.69) is 0 Å². The molecule has 4 nitrogen and oxygen atoms in total. The molecule has 0 amide bonds. The van der Waals surface area contributed by atoms with Crippen molar-refractivity contribution in [3.05, 3.63) is 23.7 Å². The topological polar surface area (TPSA) is 57.6 Å². The molecule has 1 atom stereocenters. The highest BCUT2D eigenvalue weighted by atomic mass is 16.5. The second-order valence-corrected chi connectivity index (χ2v) is 3.82. The summed E-state index contributed by atoms with van der Waals surface area (Å²) < 4.78 is 16.2. The lowest BCUT2D eigenvalue weighted by Gasteiger charge is -2.06. The fraction of sp³-hybridized carbons (Fsp3) is 0.636. The van der Waals surface area contributed by atoms with Crippen LogP contribution in [0.5, 0.6) is 0 Å². The third kappa shape index (κ3) is 3.06. The highest BCUT2D eigenvalue weighted by Crippen LogP contribution is 2.14. The van der Waals surface area contributed by atoms with Gasteiger partial charge in [-0.3, -0.25) is 0 Å². The maximum Gasteiger partial charge on any atom is 0.129 e. The molecule has 1 aromatic rings. The van der Waals surface area contributed by atoms with Crippen LogP contribution in [0, 0.1) is 5.92 Å². The van der Waals surface area contributed by atoms with Gasteiger partial charge < -0.3 is 19.6 Å². The molecule has 1 aromatic heterocycles. The van der Waals surface area contributed by atoms with Crippen LogP contribution in [0.2, 0.25) is 0 Å². The predicted octanol–water partition coefficient (Wildman–Crippen LogP) is 1.29. The van der Waals surface area contributed by atoms with Crippen LogP contribution in [0.1, 0.15) is 17.9 Å². The molecule has 4 heteroatoms. The Morgan fingerprint density at radius 3 is 2.93 bits per heavy atom. The van der Waals surface area contributed by atoms with Crippen LogP contribution < -0.4 is 5.73 Å². The van der Waals surface area contributed by atoms with Crippen molar-refractivity contribution in [1.29, 1.82) is 0 Å². The van der Waals surface area contributed by atoms with E-state index < -0.39 is 0 Å². The first-order valence-corrected chi connectivity index (χ1v) is 5.31. The van der Waals surface area contributed by atoms with Crippen molar-refractivity contribution in [1.82, 2.24) is 0 Å². The Labute approximate surface area is 89.3 Å². The fourth-order valence-corrected chi connectivity index (χ4v) is 1.65. The molecule has 1 aliphatic rings. The molecule has 0 saturated carbocycles. The molecule has 2 heterocycles. The second kappa shape index (κ2) is 5.30. The lowest BCUT2D eigenvalue weighted by molar-refractivity contribution is 0.0686. The van der Waals surface area contributed by atoms with E-state index in [-0.39, 0.29) is 0 Å². The smallest absolute Gasteiger partial charge is 0.129 e. The summed E-state index contributed by atoms with van der Waals surface area (Å²) in [5, 5.41) is 0. The highest BCUT2D eigenvalue weighted by Gasteiger charge is 2.15. The standard InChI is InChI=1S/C11H17NO3/c12-5-10-1-2-11(15-10)8-14-7-9-3-4-13-6-9/h1-2,9H,3-8,12H2. The van der Waals surface area contributed by atoms with Gasteiger partial charge in [-0.05, 0) is 18.6 Å². The molecule has 1 unspecified atom stereocenters. The zero-order chi connectivity index (χ0) is 10.5. The molecule has 2 rings (SSSR count). The number of ether oxygens (including phenoxy) is 2. The maximum atomic E-state index is 5.55. The van der Waals surface area contributed by atoms with E-state index in [9.17, 15) is 0 Å². The molecule has 0 spiro atoms. The van der Waals surface area contributed by atoms with Crippen LogP contribution in [0.4, 0.5) is 0 Å². The normalized spacial score (nSPS) is 21.0. The first-order chi connectivity index (χ1) is 7.38. The lowest BCUT2D eigenvalue weighted by Crippen LogP contribution is -2.08. The van der Waals surface area contributed by atoms with Crippen LogP contribution in [-0.4, -0.2) is 19.8 Å². The summed E-state index contributed by atoms with van der Waals surface area (Å²) in [5.41, 5.74) is 5.44. The number of nitrogens with two attached hydrogens (primary N) is 1. The molecule has 1 saturated heterocycles. The van der Waals surface area contributed by atoms with Crippen LogP contribution in [0.15, 0.2) is 16.5 Å². The van der Waals surface area contributed by atoms with Gasteiger partial charge in [0, 0.05) is 12.5 Å². The molecule has 0 radical (unpaired) electrons. The lowest BCUT2D eigenvalue weighted by atomic mass is 10.1. The Balaban J connectivity index is 1.68. The van der Waals surface area contributed by atoms with E-state index in [1.807, 2.05) is 12.1 Å². The van der Waals surface area contributed by atoms with Gasteiger partial charge in [0.05, 0.1) is 19.8 Å². The van der Waals surface area contributed by atoms with Crippen molar-refractivity contribution in [2.75, 3.05) is 19.8 Å². The van der Waals surface area contributed by atoms with Crippen molar-refractivity contribution in [3.8, 4) is 0 Å². The average Bonchev–Trinajstić information content (AvgIpc) is 2.88. The molecule has 15 heavy (non-hydrogen) atoms. The zero-order valence-electron chi connectivity index (χ0n) is 8.78. The summed E-state index contributed by atoms with van der Waals surface area (Å²) in [7, 11) is 0. The SMILES string of the molecule is NCc1ccc(COCC2CCOC2)o1. The van der Waals surface area contributed by atoms with Gasteiger partial charge in [-0.25, -0.2) is 0 Å². The largest absolute Gasteiger partial charge is 0.462 e. The third-order valence-electron chi connectivity index (χ3n) is 2.54. The average molecular weight is 211 g/mol. The monoisotopic (exact) mass is 211 g/mol. The third-order valence-corrected chi connectivity index (χ3v) is 2.54. The van der Waals surface area contributed by atoms with Gasteiger partial charge in [-0.2, -0.15) is 0 Å². The Morgan fingerprint density at radius 2 is 2.27 bits per heavy atom. The number of rotatable bonds is 5.